The molecule has 0 radical (unpaired) electrons. The number of nitrogens with one attached hydrogen (secondary N) is 1. The Hall–Kier alpha value is -1.26. The van der Waals surface area contributed by atoms with Crippen LogP contribution in [0.15, 0.2) is 18.2 Å². The standard InChI is InChI=1S/C8H8FNO2/c9-8-2-1-6(4-10-12)7(3-8)5-11/h1-3,5,10,12H,4H2. The molecule has 1 aromatic rings. The van der Waals surface area contributed by atoms with Gasteiger partial charge in [-0.05, 0) is 17.7 Å². The van der Waals surface area contributed by atoms with Gasteiger partial charge in [0, 0.05) is 12.1 Å². The van der Waals surface area contributed by atoms with E-state index in [-0.39, 0.29) is 12.1 Å². The summed E-state index contributed by atoms with van der Waals surface area (Å²) in [6.07, 6.45) is 0.551. The van der Waals surface area contributed by atoms with Crippen molar-refractivity contribution in [1.82, 2.24) is 5.48 Å². The lowest BCUT2D eigenvalue weighted by Crippen LogP contribution is -2.08. The third kappa shape index (κ3) is 1.87. The molecular weight excluding hydrogens is 161 g/mol. The highest BCUT2D eigenvalue weighted by molar-refractivity contribution is 5.77. The van der Waals surface area contributed by atoms with Crippen LogP contribution >= 0.6 is 0 Å². The van der Waals surface area contributed by atoms with E-state index in [2.05, 4.69) is 0 Å². The van der Waals surface area contributed by atoms with Crippen LogP contribution in [0.3, 0.4) is 0 Å². The van der Waals surface area contributed by atoms with Crippen molar-refractivity contribution in [2.45, 2.75) is 6.54 Å². The molecule has 0 fully saturated rings. The molecule has 1 rings (SSSR count). The summed E-state index contributed by atoms with van der Waals surface area (Å²) >= 11 is 0. The topological polar surface area (TPSA) is 49.3 Å². The minimum Gasteiger partial charge on any atom is -0.316 e. The van der Waals surface area contributed by atoms with Crippen LogP contribution in [0.1, 0.15) is 15.9 Å². The first kappa shape index (κ1) is 8.83. The Morgan fingerprint density at radius 3 is 2.92 bits per heavy atom. The van der Waals surface area contributed by atoms with Gasteiger partial charge in [0.05, 0.1) is 0 Å². The smallest absolute Gasteiger partial charge is 0.150 e. The minimum atomic E-state index is -0.459. The Kier molecular flexibility index (Phi) is 2.90. The van der Waals surface area contributed by atoms with Crippen molar-refractivity contribution in [2.75, 3.05) is 0 Å². The van der Waals surface area contributed by atoms with Gasteiger partial charge in [-0.1, -0.05) is 6.07 Å². The van der Waals surface area contributed by atoms with E-state index in [4.69, 9.17) is 5.21 Å². The van der Waals surface area contributed by atoms with Gasteiger partial charge >= 0.3 is 0 Å². The van der Waals surface area contributed by atoms with Gasteiger partial charge < -0.3 is 5.21 Å². The first-order valence-electron chi connectivity index (χ1n) is 3.38. The molecule has 3 nitrogen and oxygen atoms in total. The zero-order valence-electron chi connectivity index (χ0n) is 6.25. The van der Waals surface area contributed by atoms with Gasteiger partial charge in [0.2, 0.25) is 0 Å². The monoisotopic (exact) mass is 169 g/mol. The summed E-state index contributed by atoms with van der Waals surface area (Å²) in [4.78, 5) is 10.4. The molecule has 12 heavy (non-hydrogen) atoms. The summed E-state index contributed by atoms with van der Waals surface area (Å²) in [5, 5.41) is 8.35. The Labute approximate surface area is 68.8 Å². The summed E-state index contributed by atoms with van der Waals surface area (Å²) in [6.45, 7) is 0.133. The molecule has 1 aromatic carbocycles. The number of aldehydes is 1. The molecule has 0 atom stereocenters. The lowest BCUT2D eigenvalue weighted by molar-refractivity contribution is 0.112. The van der Waals surface area contributed by atoms with Gasteiger partial charge in [-0.2, -0.15) is 0 Å². The Balaban J connectivity index is 3.02. The maximum absolute atomic E-state index is 12.5. The molecule has 0 saturated heterocycles. The highest BCUT2D eigenvalue weighted by Crippen LogP contribution is 2.08. The summed E-state index contributed by atoms with van der Waals surface area (Å²) in [7, 11) is 0. The lowest BCUT2D eigenvalue weighted by Gasteiger charge is -2.01. The van der Waals surface area contributed by atoms with Crippen molar-refractivity contribution in [3.8, 4) is 0 Å². The van der Waals surface area contributed by atoms with E-state index < -0.39 is 5.82 Å². The highest BCUT2D eigenvalue weighted by Gasteiger charge is 2.01. The minimum absolute atomic E-state index is 0.133. The number of carbonyl (C=O) groups excluding carboxylic acids is 1. The fourth-order valence-corrected chi connectivity index (χ4v) is 0.922. The summed E-state index contributed by atoms with van der Waals surface area (Å²) in [5.41, 5.74) is 2.71. The van der Waals surface area contributed by atoms with Crippen molar-refractivity contribution in [3.05, 3.63) is 35.1 Å². The molecule has 0 amide bonds. The number of halogens is 1. The molecule has 4 heteroatoms. The number of hydroxylamine groups is 1. The van der Waals surface area contributed by atoms with Gasteiger partial charge in [-0.15, -0.1) is 0 Å². The SMILES string of the molecule is O=Cc1cc(F)ccc1CNO. The second kappa shape index (κ2) is 3.94. The number of rotatable bonds is 3. The third-order valence-corrected chi connectivity index (χ3v) is 1.50. The molecule has 64 valence electrons. The zero-order chi connectivity index (χ0) is 8.97. The molecule has 0 bridgehead atoms. The van der Waals surface area contributed by atoms with Crippen LogP contribution in [0.4, 0.5) is 4.39 Å². The molecule has 0 spiro atoms. The maximum Gasteiger partial charge on any atom is 0.150 e. The van der Waals surface area contributed by atoms with Crippen molar-refractivity contribution < 1.29 is 14.4 Å². The van der Waals surface area contributed by atoms with Crippen LogP contribution < -0.4 is 5.48 Å². The van der Waals surface area contributed by atoms with Gasteiger partial charge in [0.25, 0.3) is 0 Å². The van der Waals surface area contributed by atoms with Gasteiger partial charge in [0.15, 0.2) is 0 Å². The van der Waals surface area contributed by atoms with E-state index in [1.807, 2.05) is 5.48 Å². The van der Waals surface area contributed by atoms with Crippen molar-refractivity contribution in [2.24, 2.45) is 0 Å². The molecule has 0 aromatic heterocycles. The quantitative estimate of drug-likeness (QED) is 0.526. The van der Waals surface area contributed by atoms with Gasteiger partial charge in [-0.25, -0.2) is 9.87 Å². The first-order chi connectivity index (χ1) is 5.77. The molecule has 0 aliphatic heterocycles. The van der Waals surface area contributed by atoms with E-state index in [1.165, 1.54) is 12.1 Å². The van der Waals surface area contributed by atoms with Crippen LogP contribution in [0.5, 0.6) is 0 Å². The van der Waals surface area contributed by atoms with Crippen molar-refractivity contribution in [3.63, 3.8) is 0 Å². The Morgan fingerprint density at radius 1 is 1.58 bits per heavy atom. The third-order valence-electron chi connectivity index (χ3n) is 1.50. The molecule has 0 heterocycles. The normalized spacial score (nSPS) is 9.83. The number of benzene rings is 1. The number of hydrogen-bond donors (Lipinski definition) is 2. The van der Waals surface area contributed by atoms with E-state index in [0.29, 0.717) is 11.8 Å². The molecule has 0 aliphatic rings. The molecule has 0 aliphatic carbocycles. The second-order valence-electron chi connectivity index (χ2n) is 2.30. The largest absolute Gasteiger partial charge is 0.316 e. The van der Waals surface area contributed by atoms with E-state index >= 15 is 0 Å². The van der Waals surface area contributed by atoms with E-state index in [1.54, 1.807) is 0 Å². The fraction of sp³-hybridized carbons (Fsp3) is 0.125. The Morgan fingerprint density at radius 2 is 2.33 bits per heavy atom. The van der Waals surface area contributed by atoms with Gasteiger partial charge in [-0.3, -0.25) is 4.79 Å². The lowest BCUT2D eigenvalue weighted by atomic mass is 10.1. The fourth-order valence-electron chi connectivity index (χ4n) is 0.922. The molecule has 0 unspecified atom stereocenters. The first-order valence-corrected chi connectivity index (χ1v) is 3.38. The zero-order valence-corrected chi connectivity index (χ0v) is 6.25. The predicted molar refractivity (Wildman–Crippen MR) is 40.4 cm³/mol. The average Bonchev–Trinajstić information content (AvgIpc) is 2.08. The van der Waals surface area contributed by atoms with Crippen LogP contribution in [-0.4, -0.2) is 11.5 Å². The predicted octanol–water partition coefficient (Wildman–Crippen LogP) is 1.12. The van der Waals surface area contributed by atoms with Crippen LogP contribution in [0.2, 0.25) is 0 Å². The van der Waals surface area contributed by atoms with Gasteiger partial charge in [0.1, 0.15) is 12.1 Å². The molecule has 0 saturated carbocycles. The summed E-state index contributed by atoms with van der Waals surface area (Å²) in [6, 6.07) is 3.81. The van der Waals surface area contributed by atoms with Crippen molar-refractivity contribution >= 4 is 6.29 Å². The van der Waals surface area contributed by atoms with Crippen molar-refractivity contribution in [1.29, 1.82) is 0 Å². The Bertz CT molecular complexity index is 288. The van der Waals surface area contributed by atoms with Crippen LogP contribution in [0.25, 0.3) is 0 Å². The second-order valence-corrected chi connectivity index (χ2v) is 2.30. The average molecular weight is 169 g/mol. The summed E-state index contributed by atoms with van der Waals surface area (Å²) in [5.74, 6) is -0.459. The van der Waals surface area contributed by atoms with Crippen LogP contribution in [-0.2, 0) is 6.54 Å². The van der Waals surface area contributed by atoms with E-state index in [0.717, 1.165) is 6.07 Å². The molecule has 2 N–H and O–H groups in total. The van der Waals surface area contributed by atoms with Crippen LogP contribution in [0, 0.1) is 5.82 Å². The number of carbonyl (C=O) groups is 1. The number of hydrogen-bond acceptors (Lipinski definition) is 3. The maximum atomic E-state index is 12.5. The van der Waals surface area contributed by atoms with E-state index in [9.17, 15) is 9.18 Å². The highest BCUT2D eigenvalue weighted by atomic mass is 19.1. The summed E-state index contributed by atoms with van der Waals surface area (Å²) < 4.78 is 12.5. The molecular formula is C8H8FNO2.